The molecule has 0 aliphatic carbocycles. The summed E-state index contributed by atoms with van der Waals surface area (Å²) in [6, 6.07) is 43.0. The van der Waals surface area contributed by atoms with Crippen LogP contribution in [-0.4, -0.2) is 4.98 Å². The number of fused-ring (bicyclic) bond motifs is 7. The van der Waals surface area contributed by atoms with Gasteiger partial charge >= 0.3 is 0 Å². The molecular weight excluding hydrogens is 450 g/mol. The number of hydrogen-bond acceptors (Lipinski definition) is 2. The van der Waals surface area contributed by atoms with Crippen molar-refractivity contribution in [1.82, 2.24) is 4.98 Å². The van der Waals surface area contributed by atoms with Crippen LogP contribution < -0.4 is 0 Å². The van der Waals surface area contributed by atoms with E-state index in [0.29, 0.717) is 0 Å². The zero-order valence-electron chi connectivity index (χ0n) is 20.0. The Morgan fingerprint density at radius 2 is 1.22 bits per heavy atom. The highest BCUT2D eigenvalue weighted by atomic mass is 16.3. The van der Waals surface area contributed by atoms with Crippen molar-refractivity contribution in [1.29, 1.82) is 0 Å². The average molecular weight is 472 g/mol. The fourth-order valence-corrected chi connectivity index (χ4v) is 5.64. The quantitative estimate of drug-likeness (QED) is 0.235. The Morgan fingerprint density at radius 1 is 0.486 bits per heavy atom. The maximum atomic E-state index is 6.51. The van der Waals surface area contributed by atoms with Gasteiger partial charge in [0.15, 0.2) is 0 Å². The zero-order chi connectivity index (χ0) is 24.3. The van der Waals surface area contributed by atoms with Crippen molar-refractivity contribution >= 4 is 54.3 Å². The first-order chi connectivity index (χ1) is 18.3. The molecule has 2 heterocycles. The Morgan fingerprint density at radius 3 is 2.08 bits per heavy atom. The molecule has 0 N–H and O–H groups in total. The van der Waals surface area contributed by atoms with Gasteiger partial charge in [0.25, 0.3) is 0 Å². The molecule has 172 valence electrons. The van der Waals surface area contributed by atoms with E-state index in [9.17, 15) is 0 Å². The van der Waals surface area contributed by atoms with E-state index < -0.39 is 0 Å². The lowest BCUT2D eigenvalue weighted by molar-refractivity contribution is 0.673. The normalized spacial score (nSPS) is 11.8. The summed E-state index contributed by atoms with van der Waals surface area (Å²) in [6.07, 6.45) is 1.91. The van der Waals surface area contributed by atoms with E-state index in [1.165, 1.54) is 32.5 Å². The van der Waals surface area contributed by atoms with E-state index in [-0.39, 0.29) is 0 Å². The van der Waals surface area contributed by atoms with E-state index in [4.69, 9.17) is 9.40 Å². The molecule has 2 heteroatoms. The summed E-state index contributed by atoms with van der Waals surface area (Å²) in [5.41, 5.74) is 6.17. The molecule has 8 aromatic rings. The Hall–Kier alpha value is -4.95. The van der Waals surface area contributed by atoms with Crippen LogP contribution in [0.2, 0.25) is 0 Å². The van der Waals surface area contributed by atoms with Crippen LogP contribution in [0, 0.1) is 0 Å². The van der Waals surface area contributed by atoms with Crippen molar-refractivity contribution in [3.8, 4) is 22.4 Å². The zero-order valence-corrected chi connectivity index (χ0v) is 20.0. The summed E-state index contributed by atoms with van der Waals surface area (Å²) in [6.45, 7) is 0. The first-order valence-electron chi connectivity index (χ1n) is 12.5. The highest BCUT2D eigenvalue weighted by Gasteiger charge is 2.16. The number of pyridine rings is 1. The molecule has 0 amide bonds. The van der Waals surface area contributed by atoms with Gasteiger partial charge in [-0.2, -0.15) is 0 Å². The van der Waals surface area contributed by atoms with Crippen LogP contribution in [0.5, 0.6) is 0 Å². The minimum absolute atomic E-state index is 0.881. The van der Waals surface area contributed by atoms with Crippen LogP contribution >= 0.6 is 0 Å². The maximum absolute atomic E-state index is 6.51. The van der Waals surface area contributed by atoms with Gasteiger partial charge in [0.2, 0.25) is 0 Å². The number of benzene rings is 6. The van der Waals surface area contributed by atoms with Crippen LogP contribution in [0.3, 0.4) is 0 Å². The third kappa shape index (κ3) is 3.16. The van der Waals surface area contributed by atoms with Gasteiger partial charge in [-0.25, -0.2) is 0 Å². The molecule has 0 atom stereocenters. The number of rotatable bonds is 2. The van der Waals surface area contributed by atoms with Crippen LogP contribution in [0.25, 0.3) is 76.6 Å². The standard InChI is InChI=1S/C35H21NO/c1-2-7-23-18-26(13-12-22(23)6-1)27-16-17-36-32(21-27)29-10-5-11-33-34(29)30-15-14-28-19-24-8-3-4-9-25(24)20-31(28)35(30)37-33/h1-21H. The number of nitrogens with zero attached hydrogens (tertiary/aromatic N) is 1. The summed E-state index contributed by atoms with van der Waals surface area (Å²) < 4.78 is 6.51. The molecule has 0 saturated heterocycles. The molecule has 8 rings (SSSR count). The third-order valence-corrected chi connectivity index (χ3v) is 7.46. The number of furan rings is 1. The molecule has 0 radical (unpaired) electrons. The van der Waals surface area contributed by atoms with E-state index in [0.717, 1.165) is 44.1 Å². The Bertz CT molecular complexity index is 2150. The molecule has 2 nitrogen and oxygen atoms in total. The van der Waals surface area contributed by atoms with Crippen molar-refractivity contribution in [2.45, 2.75) is 0 Å². The topological polar surface area (TPSA) is 26.0 Å². The fourth-order valence-electron chi connectivity index (χ4n) is 5.64. The molecule has 0 aliphatic heterocycles. The Balaban J connectivity index is 1.34. The lowest BCUT2D eigenvalue weighted by atomic mass is 9.97. The monoisotopic (exact) mass is 471 g/mol. The van der Waals surface area contributed by atoms with Crippen LogP contribution in [0.4, 0.5) is 0 Å². The smallest absolute Gasteiger partial charge is 0.143 e. The molecule has 0 spiro atoms. The summed E-state index contributed by atoms with van der Waals surface area (Å²) in [7, 11) is 0. The predicted molar refractivity (Wildman–Crippen MR) is 155 cm³/mol. The molecule has 0 aliphatic rings. The minimum atomic E-state index is 0.881. The minimum Gasteiger partial charge on any atom is -0.455 e. The van der Waals surface area contributed by atoms with Gasteiger partial charge in [0.1, 0.15) is 11.2 Å². The third-order valence-electron chi connectivity index (χ3n) is 7.46. The molecule has 0 saturated carbocycles. The summed E-state index contributed by atoms with van der Waals surface area (Å²) in [5, 5.41) is 9.48. The highest BCUT2D eigenvalue weighted by Crippen LogP contribution is 2.40. The van der Waals surface area contributed by atoms with E-state index >= 15 is 0 Å². The second-order valence-corrected chi connectivity index (χ2v) is 9.64. The first kappa shape index (κ1) is 20.3. The van der Waals surface area contributed by atoms with Crippen LogP contribution in [0.1, 0.15) is 0 Å². The molecular formula is C35H21NO. The largest absolute Gasteiger partial charge is 0.455 e. The average Bonchev–Trinajstić information content (AvgIpc) is 3.35. The van der Waals surface area contributed by atoms with Crippen molar-refractivity contribution in [3.05, 3.63) is 128 Å². The van der Waals surface area contributed by atoms with E-state index in [2.05, 4.69) is 121 Å². The number of hydrogen-bond donors (Lipinski definition) is 0. The Labute approximate surface area is 213 Å². The maximum Gasteiger partial charge on any atom is 0.143 e. The number of aromatic nitrogens is 1. The van der Waals surface area contributed by atoms with Gasteiger partial charge in [-0.15, -0.1) is 0 Å². The van der Waals surface area contributed by atoms with Crippen LogP contribution in [-0.2, 0) is 0 Å². The lowest BCUT2D eigenvalue weighted by Crippen LogP contribution is -1.87. The van der Waals surface area contributed by atoms with Gasteiger partial charge in [-0.05, 0) is 80.5 Å². The van der Waals surface area contributed by atoms with Crippen molar-refractivity contribution in [3.63, 3.8) is 0 Å². The summed E-state index contributed by atoms with van der Waals surface area (Å²) in [5.74, 6) is 0. The van der Waals surface area contributed by atoms with Gasteiger partial charge in [-0.1, -0.05) is 78.9 Å². The fraction of sp³-hybridized carbons (Fsp3) is 0. The van der Waals surface area contributed by atoms with E-state index in [1.54, 1.807) is 0 Å². The second-order valence-electron chi connectivity index (χ2n) is 9.64. The van der Waals surface area contributed by atoms with Gasteiger partial charge < -0.3 is 4.42 Å². The van der Waals surface area contributed by atoms with Gasteiger partial charge in [0, 0.05) is 27.9 Å². The Kier molecular flexibility index (Phi) is 4.26. The molecule has 0 unspecified atom stereocenters. The molecule has 2 aromatic heterocycles. The van der Waals surface area contributed by atoms with Crippen LogP contribution in [0.15, 0.2) is 132 Å². The lowest BCUT2D eigenvalue weighted by Gasteiger charge is -2.08. The molecule has 0 fully saturated rings. The van der Waals surface area contributed by atoms with Crippen molar-refractivity contribution < 1.29 is 4.42 Å². The highest BCUT2D eigenvalue weighted by molar-refractivity contribution is 6.20. The predicted octanol–water partition coefficient (Wildman–Crippen LogP) is 9.77. The summed E-state index contributed by atoms with van der Waals surface area (Å²) >= 11 is 0. The second kappa shape index (κ2) is 7.78. The van der Waals surface area contributed by atoms with Gasteiger partial charge in [0.05, 0.1) is 5.69 Å². The van der Waals surface area contributed by atoms with Gasteiger partial charge in [-0.3, -0.25) is 4.98 Å². The molecule has 37 heavy (non-hydrogen) atoms. The summed E-state index contributed by atoms with van der Waals surface area (Å²) in [4.78, 5) is 4.80. The molecule has 0 bridgehead atoms. The van der Waals surface area contributed by atoms with E-state index in [1.807, 2.05) is 6.20 Å². The first-order valence-corrected chi connectivity index (χ1v) is 12.5. The van der Waals surface area contributed by atoms with Crippen molar-refractivity contribution in [2.75, 3.05) is 0 Å². The molecule has 6 aromatic carbocycles. The van der Waals surface area contributed by atoms with Crippen molar-refractivity contribution in [2.24, 2.45) is 0 Å². The SMILES string of the molecule is c1ccc2cc(-c3ccnc(-c4cccc5oc6c7cc8ccccc8cc7ccc6c45)c3)ccc2c1.